The Morgan fingerprint density at radius 2 is 1.76 bits per heavy atom. The molecule has 33 heavy (non-hydrogen) atoms. The normalized spacial score (nSPS) is 29.3. The van der Waals surface area contributed by atoms with E-state index < -0.39 is 11.5 Å². The lowest BCUT2D eigenvalue weighted by atomic mass is 9.60. The molecule has 0 amide bonds. The minimum Gasteiger partial charge on any atom is -0.480 e. The van der Waals surface area contributed by atoms with Crippen molar-refractivity contribution in [1.82, 2.24) is 0 Å². The van der Waals surface area contributed by atoms with Crippen molar-refractivity contribution in [2.24, 2.45) is 11.8 Å². The molecule has 3 aliphatic carbocycles. The van der Waals surface area contributed by atoms with Gasteiger partial charge in [0, 0.05) is 10.7 Å². The van der Waals surface area contributed by atoms with E-state index in [1.165, 1.54) is 56.1 Å². The molecule has 2 saturated carbocycles. The number of fused-ring (bicyclic) bond motifs is 2. The summed E-state index contributed by atoms with van der Waals surface area (Å²) in [5, 5.41) is 14.3. The highest BCUT2D eigenvalue weighted by Crippen LogP contribution is 2.56. The van der Waals surface area contributed by atoms with E-state index in [9.17, 15) is 9.90 Å². The van der Waals surface area contributed by atoms with Crippen LogP contribution < -0.4 is 5.32 Å². The van der Waals surface area contributed by atoms with Crippen LogP contribution in [0.4, 0.5) is 5.69 Å². The zero-order chi connectivity index (χ0) is 22.9. The van der Waals surface area contributed by atoms with Crippen LogP contribution >= 0.6 is 11.6 Å². The standard InChI is InChI=1S/C29H36ClNO2/c30-24-12-6-13-25(20-24)31-29(27(32)33)17-15-28(16-18-29)23(11-5-9-21-7-1-2-8-21)19-22-10-3-4-14-26(22)28/h3-4,6,10,12-14,20-21,23,31H,1-2,5,7-9,11,15-19H2,(H,32,33). The molecular weight excluding hydrogens is 430 g/mol. The topological polar surface area (TPSA) is 49.3 Å². The SMILES string of the molecule is O=C(O)C1(Nc2cccc(Cl)c2)CCC2(CC1)c1ccccc1CC2CCCC1CCCC1. The van der Waals surface area contributed by atoms with Gasteiger partial charge in [-0.3, -0.25) is 0 Å². The van der Waals surface area contributed by atoms with Crippen LogP contribution in [0, 0.1) is 11.8 Å². The minimum atomic E-state index is -0.929. The van der Waals surface area contributed by atoms with Crippen molar-refractivity contribution in [2.45, 2.75) is 88.0 Å². The van der Waals surface area contributed by atoms with Crippen LogP contribution in [0.2, 0.25) is 5.02 Å². The van der Waals surface area contributed by atoms with Crippen molar-refractivity contribution < 1.29 is 9.90 Å². The summed E-state index contributed by atoms with van der Waals surface area (Å²) < 4.78 is 0. The Kier molecular flexibility index (Phi) is 6.44. The Bertz CT molecular complexity index is 989. The van der Waals surface area contributed by atoms with Gasteiger partial charge in [-0.2, -0.15) is 0 Å². The van der Waals surface area contributed by atoms with E-state index in [1.54, 1.807) is 0 Å². The molecular formula is C29H36ClNO2. The summed E-state index contributed by atoms with van der Waals surface area (Å²) in [6.45, 7) is 0. The third-order valence-corrected chi connectivity index (χ3v) is 9.29. The van der Waals surface area contributed by atoms with Gasteiger partial charge in [-0.1, -0.05) is 80.5 Å². The largest absolute Gasteiger partial charge is 0.480 e. The van der Waals surface area contributed by atoms with E-state index in [1.807, 2.05) is 24.3 Å². The third kappa shape index (κ3) is 4.41. The maximum atomic E-state index is 12.5. The maximum absolute atomic E-state index is 12.5. The number of hydrogen-bond acceptors (Lipinski definition) is 2. The van der Waals surface area contributed by atoms with Crippen molar-refractivity contribution in [1.29, 1.82) is 0 Å². The van der Waals surface area contributed by atoms with Crippen LogP contribution in [0.1, 0.15) is 81.8 Å². The zero-order valence-corrected chi connectivity index (χ0v) is 20.2. The van der Waals surface area contributed by atoms with Crippen LogP contribution in [0.15, 0.2) is 48.5 Å². The molecule has 0 heterocycles. The van der Waals surface area contributed by atoms with Gasteiger partial charge in [0.15, 0.2) is 0 Å². The summed E-state index contributed by atoms with van der Waals surface area (Å²) >= 11 is 6.17. The number of carbonyl (C=O) groups is 1. The number of nitrogens with one attached hydrogen (secondary N) is 1. The third-order valence-electron chi connectivity index (χ3n) is 9.05. The van der Waals surface area contributed by atoms with E-state index >= 15 is 0 Å². The number of aliphatic carboxylic acids is 1. The molecule has 0 aromatic heterocycles. The summed E-state index contributed by atoms with van der Waals surface area (Å²) in [6.07, 6.45) is 13.9. The van der Waals surface area contributed by atoms with E-state index in [0.717, 1.165) is 30.9 Å². The molecule has 1 spiro atoms. The maximum Gasteiger partial charge on any atom is 0.329 e. The average Bonchev–Trinajstić information content (AvgIpc) is 3.43. The summed E-state index contributed by atoms with van der Waals surface area (Å²) in [4.78, 5) is 12.5. The minimum absolute atomic E-state index is 0.126. The summed E-state index contributed by atoms with van der Waals surface area (Å²) in [5.41, 5.74) is 2.98. The van der Waals surface area contributed by atoms with Crippen LogP contribution in [0.5, 0.6) is 0 Å². The van der Waals surface area contributed by atoms with Gasteiger partial charge in [0.25, 0.3) is 0 Å². The number of carboxylic acids is 1. The predicted octanol–water partition coefficient (Wildman–Crippen LogP) is 7.62. The lowest BCUT2D eigenvalue weighted by Gasteiger charge is -2.47. The molecule has 2 aromatic carbocycles. The number of carboxylic acid groups (broad SMARTS) is 1. The van der Waals surface area contributed by atoms with Gasteiger partial charge in [-0.15, -0.1) is 0 Å². The summed E-state index contributed by atoms with van der Waals surface area (Å²) in [6, 6.07) is 16.4. The highest BCUT2D eigenvalue weighted by atomic mass is 35.5. The number of anilines is 1. The highest BCUT2D eigenvalue weighted by Gasteiger charge is 2.53. The van der Waals surface area contributed by atoms with Crippen LogP contribution in [0.25, 0.3) is 0 Å². The van der Waals surface area contributed by atoms with Crippen LogP contribution in [-0.2, 0) is 16.6 Å². The molecule has 2 fully saturated rings. The molecule has 4 heteroatoms. The quantitative estimate of drug-likeness (QED) is 0.442. The van der Waals surface area contributed by atoms with Crippen molar-refractivity contribution in [3.05, 3.63) is 64.7 Å². The van der Waals surface area contributed by atoms with E-state index in [-0.39, 0.29) is 5.41 Å². The average molecular weight is 466 g/mol. The molecule has 5 rings (SSSR count). The van der Waals surface area contributed by atoms with E-state index in [0.29, 0.717) is 23.8 Å². The number of rotatable bonds is 7. The molecule has 0 bridgehead atoms. The van der Waals surface area contributed by atoms with Crippen molar-refractivity contribution in [3.8, 4) is 0 Å². The van der Waals surface area contributed by atoms with Crippen LogP contribution in [-0.4, -0.2) is 16.6 Å². The van der Waals surface area contributed by atoms with E-state index in [2.05, 4.69) is 29.6 Å². The van der Waals surface area contributed by atoms with Gasteiger partial charge in [0.2, 0.25) is 0 Å². The smallest absolute Gasteiger partial charge is 0.329 e. The zero-order valence-electron chi connectivity index (χ0n) is 19.5. The van der Waals surface area contributed by atoms with Gasteiger partial charge in [0.05, 0.1) is 0 Å². The van der Waals surface area contributed by atoms with Gasteiger partial charge < -0.3 is 10.4 Å². The Labute approximate surface area is 202 Å². The molecule has 0 radical (unpaired) electrons. The number of hydrogen-bond donors (Lipinski definition) is 2. The van der Waals surface area contributed by atoms with Gasteiger partial charge in [-0.05, 0) is 85.1 Å². The Balaban J connectivity index is 1.35. The molecule has 0 saturated heterocycles. The predicted molar refractivity (Wildman–Crippen MR) is 135 cm³/mol. The lowest BCUT2D eigenvalue weighted by Crippen LogP contribution is -2.53. The highest BCUT2D eigenvalue weighted by molar-refractivity contribution is 6.30. The molecule has 1 atom stereocenters. The second kappa shape index (κ2) is 9.33. The molecule has 0 aliphatic heterocycles. The molecule has 2 N–H and O–H groups in total. The second-order valence-corrected chi connectivity index (χ2v) is 11.3. The summed E-state index contributed by atoms with van der Waals surface area (Å²) in [7, 11) is 0. The molecule has 1 unspecified atom stereocenters. The van der Waals surface area contributed by atoms with Gasteiger partial charge in [-0.25, -0.2) is 4.79 Å². The van der Waals surface area contributed by atoms with Crippen molar-refractivity contribution in [3.63, 3.8) is 0 Å². The monoisotopic (exact) mass is 465 g/mol. The molecule has 3 aliphatic rings. The molecule has 3 nitrogen and oxygen atoms in total. The van der Waals surface area contributed by atoms with Crippen molar-refractivity contribution in [2.75, 3.05) is 5.32 Å². The lowest BCUT2D eigenvalue weighted by molar-refractivity contribution is -0.144. The van der Waals surface area contributed by atoms with Crippen molar-refractivity contribution >= 4 is 23.3 Å². The number of halogens is 1. The summed E-state index contributed by atoms with van der Waals surface area (Å²) in [5.74, 6) is 0.827. The first-order chi connectivity index (χ1) is 16.0. The fourth-order valence-electron chi connectivity index (χ4n) is 7.23. The Hall–Kier alpha value is -2.00. The molecule has 2 aromatic rings. The Morgan fingerprint density at radius 1 is 1.00 bits per heavy atom. The first-order valence-electron chi connectivity index (χ1n) is 12.9. The first kappa shape index (κ1) is 22.8. The second-order valence-electron chi connectivity index (χ2n) is 10.8. The van der Waals surface area contributed by atoms with Gasteiger partial charge in [0.1, 0.15) is 5.54 Å². The fraction of sp³-hybridized carbons (Fsp3) is 0.552. The van der Waals surface area contributed by atoms with E-state index in [4.69, 9.17) is 11.6 Å². The van der Waals surface area contributed by atoms with Gasteiger partial charge >= 0.3 is 5.97 Å². The first-order valence-corrected chi connectivity index (χ1v) is 13.2. The van der Waals surface area contributed by atoms with Crippen LogP contribution in [0.3, 0.4) is 0 Å². The fourth-order valence-corrected chi connectivity index (χ4v) is 7.42. The molecule has 176 valence electrons. The Morgan fingerprint density at radius 3 is 2.48 bits per heavy atom. The number of benzene rings is 2.